The van der Waals surface area contributed by atoms with Gasteiger partial charge in [-0.2, -0.15) is 0 Å². The maximum Gasteiger partial charge on any atom is 0.264 e. The summed E-state index contributed by atoms with van der Waals surface area (Å²) in [5.41, 5.74) is 1.37. The molecule has 0 spiro atoms. The van der Waals surface area contributed by atoms with Gasteiger partial charge in [-0.25, -0.2) is 4.99 Å². The number of thioether (sulfide) groups is 1. The number of carboxylic acid groups (broad SMARTS) is 1. The van der Waals surface area contributed by atoms with Crippen molar-refractivity contribution in [3.8, 4) is 0 Å². The van der Waals surface area contributed by atoms with Crippen LogP contribution in [-0.2, 0) is 4.79 Å². The van der Waals surface area contributed by atoms with Gasteiger partial charge >= 0.3 is 0 Å². The predicted octanol–water partition coefficient (Wildman–Crippen LogP) is 2.70. The standard InChI is InChI=1S/C17H11BrN2O3S/c18-12-6-4-10(5-7-12)8-14-15(21)20-17(24-14)19-13-3-1-2-11(9-13)16(22)23/h1-9H,(H,22,23)(H,19,20,21)/p-1/b14-8+. The van der Waals surface area contributed by atoms with Gasteiger partial charge in [0.05, 0.1) is 16.6 Å². The van der Waals surface area contributed by atoms with Crippen LogP contribution in [-0.4, -0.2) is 17.0 Å². The predicted molar refractivity (Wildman–Crippen MR) is 95.7 cm³/mol. The average molecular weight is 402 g/mol. The molecule has 1 N–H and O–H groups in total. The molecular formula is C17H10BrN2O3S-. The molecule has 120 valence electrons. The van der Waals surface area contributed by atoms with Gasteiger partial charge in [-0.3, -0.25) is 4.79 Å². The molecule has 2 aromatic rings. The van der Waals surface area contributed by atoms with Crippen LogP contribution in [0.15, 0.2) is 62.9 Å². The van der Waals surface area contributed by atoms with Gasteiger partial charge in [0.25, 0.3) is 5.91 Å². The van der Waals surface area contributed by atoms with E-state index in [2.05, 4.69) is 26.2 Å². The number of halogens is 1. The molecule has 2 aromatic carbocycles. The summed E-state index contributed by atoms with van der Waals surface area (Å²) >= 11 is 4.56. The molecule has 3 rings (SSSR count). The Morgan fingerprint density at radius 2 is 1.96 bits per heavy atom. The molecular weight excluding hydrogens is 392 g/mol. The number of hydrogen-bond donors (Lipinski definition) is 1. The molecule has 1 aliphatic heterocycles. The van der Waals surface area contributed by atoms with E-state index in [0.717, 1.165) is 10.0 Å². The van der Waals surface area contributed by atoms with E-state index in [1.165, 1.54) is 23.9 Å². The number of amides is 1. The molecule has 1 saturated heterocycles. The summed E-state index contributed by atoms with van der Waals surface area (Å²) in [5, 5.41) is 13.9. The molecule has 1 fully saturated rings. The summed E-state index contributed by atoms with van der Waals surface area (Å²) in [6.45, 7) is 0. The fraction of sp³-hybridized carbons (Fsp3) is 0. The molecule has 0 aromatic heterocycles. The second kappa shape index (κ2) is 7.02. The number of nitrogens with one attached hydrogen (secondary N) is 1. The zero-order chi connectivity index (χ0) is 17.1. The first-order valence-electron chi connectivity index (χ1n) is 6.88. The highest BCUT2D eigenvalue weighted by Crippen LogP contribution is 2.28. The Labute approximate surface area is 150 Å². The minimum Gasteiger partial charge on any atom is -0.545 e. The lowest BCUT2D eigenvalue weighted by Crippen LogP contribution is -2.22. The largest absolute Gasteiger partial charge is 0.545 e. The van der Waals surface area contributed by atoms with E-state index in [-0.39, 0.29) is 11.5 Å². The Morgan fingerprint density at radius 3 is 2.67 bits per heavy atom. The Bertz CT molecular complexity index is 876. The van der Waals surface area contributed by atoms with Crippen LogP contribution in [0.25, 0.3) is 6.08 Å². The van der Waals surface area contributed by atoms with Gasteiger partial charge in [0, 0.05) is 4.47 Å². The van der Waals surface area contributed by atoms with Crippen LogP contribution in [0.3, 0.4) is 0 Å². The summed E-state index contributed by atoms with van der Waals surface area (Å²) in [6.07, 6.45) is 1.77. The van der Waals surface area contributed by atoms with Gasteiger partial charge in [0.15, 0.2) is 5.17 Å². The molecule has 5 nitrogen and oxygen atoms in total. The van der Waals surface area contributed by atoms with Crippen molar-refractivity contribution in [3.05, 3.63) is 69.0 Å². The smallest absolute Gasteiger partial charge is 0.264 e. The van der Waals surface area contributed by atoms with Gasteiger partial charge in [-0.15, -0.1) is 0 Å². The van der Waals surface area contributed by atoms with Crippen LogP contribution in [0.2, 0.25) is 0 Å². The van der Waals surface area contributed by atoms with Crippen LogP contribution in [0.5, 0.6) is 0 Å². The van der Waals surface area contributed by atoms with Gasteiger partial charge in [0.1, 0.15) is 0 Å². The molecule has 1 aliphatic rings. The van der Waals surface area contributed by atoms with E-state index >= 15 is 0 Å². The number of carbonyl (C=O) groups excluding carboxylic acids is 2. The number of hydrogen-bond acceptors (Lipinski definition) is 5. The second-order valence-electron chi connectivity index (χ2n) is 4.87. The molecule has 1 amide bonds. The third kappa shape index (κ3) is 3.93. The van der Waals surface area contributed by atoms with Crippen LogP contribution in [0, 0.1) is 0 Å². The minimum absolute atomic E-state index is 0.0387. The first-order chi connectivity index (χ1) is 11.5. The molecule has 0 bridgehead atoms. The van der Waals surface area contributed by atoms with E-state index in [1.807, 2.05) is 24.3 Å². The second-order valence-corrected chi connectivity index (χ2v) is 6.82. The maximum atomic E-state index is 12.0. The first kappa shape index (κ1) is 16.5. The van der Waals surface area contributed by atoms with Crippen molar-refractivity contribution < 1.29 is 14.7 Å². The van der Waals surface area contributed by atoms with E-state index in [9.17, 15) is 14.7 Å². The highest BCUT2D eigenvalue weighted by molar-refractivity contribution is 9.10. The van der Waals surface area contributed by atoms with Crippen molar-refractivity contribution >= 4 is 56.5 Å². The molecule has 24 heavy (non-hydrogen) atoms. The molecule has 0 unspecified atom stereocenters. The van der Waals surface area contributed by atoms with Gasteiger partial charge in [-0.05, 0) is 53.2 Å². The summed E-state index contributed by atoms with van der Waals surface area (Å²) in [6, 6.07) is 13.6. The Balaban J connectivity index is 1.82. The lowest BCUT2D eigenvalue weighted by Gasteiger charge is -2.02. The monoisotopic (exact) mass is 401 g/mol. The zero-order valence-corrected chi connectivity index (χ0v) is 14.6. The number of aliphatic imine (C=N–C) groups is 1. The van der Waals surface area contributed by atoms with E-state index in [0.29, 0.717) is 15.8 Å². The molecule has 0 atom stereocenters. The Hall–Kier alpha value is -2.38. The topological polar surface area (TPSA) is 81.6 Å². The summed E-state index contributed by atoms with van der Waals surface area (Å²) < 4.78 is 0.961. The molecule has 0 aliphatic carbocycles. The van der Waals surface area contributed by atoms with Crippen LogP contribution < -0.4 is 10.4 Å². The zero-order valence-electron chi connectivity index (χ0n) is 12.2. The lowest BCUT2D eigenvalue weighted by molar-refractivity contribution is -0.255. The SMILES string of the molecule is O=C1NC(=Nc2cccc(C(=O)[O-])c2)S/C1=C/c1ccc(Br)cc1. The number of nitrogens with zero attached hydrogens (tertiary/aromatic N) is 1. The van der Waals surface area contributed by atoms with Gasteiger partial charge in [-0.1, -0.05) is 40.2 Å². The number of aromatic carboxylic acids is 1. The number of amidine groups is 1. The molecule has 0 radical (unpaired) electrons. The number of carboxylic acids is 1. The molecule has 0 saturated carbocycles. The quantitative estimate of drug-likeness (QED) is 0.801. The fourth-order valence-electron chi connectivity index (χ4n) is 2.01. The van der Waals surface area contributed by atoms with E-state index in [4.69, 9.17) is 0 Å². The first-order valence-corrected chi connectivity index (χ1v) is 8.49. The van der Waals surface area contributed by atoms with Crippen LogP contribution in [0.1, 0.15) is 15.9 Å². The third-order valence-corrected chi connectivity index (χ3v) is 4.57. The third-order valence-electron chi connectivity index (χ3n) is 3.13. The van der Waals surface area contributed by atoms with E-state index < -0.39 is 5.97 Å². The fourth-order valence-corrected chi connectivity index (χ4v) is 3.12. The maximum absolute atomic E-state index is 12.0. The van der Waals surface area contributed by atoms with Gasteiger partial charge < -0.3 is 15.2 Å². The van der Waals surface area contributed by atoms with Crippen LogP contribution >= 0.6 is 27.7 Å². The van der Waals surface area contributed by atoms with Crippen molar-refractivity contribution in [3.63, 3.8) is 0 Å². The van der Waals surface area contributed by atoms with Crippen molar-refractivity contribution in [2.24, 2.45) is 4.99 Å². The van der Waals surface area contributed by atoms with Crippen molar-refractivity contribution in [1.29, 1.82) is 0 Å². The van der Waals surface area contributed by atoms with Gasteiger partial charge in [0.2, 0.25) is 0 Å². The van der Waals surface area contributed by atoms with Crippen molar-refractivity contribution in [1.82, 2.24) is 5.32 Å². The number of carbonyl (C=O) groups is 2. The normalized spacial score (nSPS) is 17.3. The molecule has 1 heterocycles. The highest BCUT2D eigenvalue weighted by atomic mass is 79.9. The lowest BCUT2D eigenvalue weighted by atomic mass is 10.2. The highest BCUT2D eigenvalue weighted by Gasteiger charge is 2.23. The average Bonchev–Trinajstić information content (AvgIpc) is 2.89. The molecule has 7 heteroatoms. The number of benzene rings is 2. The summed E-state index contributed by atoms with van der Waals surface area (Å²) in [4.78, 5) is 27.7. The number of rotatable bonds is 3. The Morgan fingerprint density at radius 1 is 1.21 bits per heavy atom. The summed E-state index contributed by atoms with van der Waals surface area (Å²) in [7, 11) is 0. The Kier molecular flexibility index (Phi) is 4.82. The van der Waals surface area contributed by atoms with Crippen molar-refractivity contribution in [2.45, 2.75) is 0 Å². The van der Waals surface area contributed by atoms with E-state index in [1.54, 1.807) is 18.2 Å². The van der Waals surface area contributed by atoms with Crippen LogP contribution in [0.4, 0.5) is 5.69 Å². The van der Waals surface area contributed by atoms with Crippen molar-refractivity contribution in [2.75, 3.05) is 0 Å². The minimum atomic E-state index is -1.27. The summed E-state index contributed by atoms with van der Waals surface area (Å²) in [5.74, 6) is -1.51.